The lowest BCUT2D eigenvalue weighted by Crippen LogP contribution is -2.13. The minimum absolute atomic E-state index is 0.126. The molecule has 0 spiro atoms. The van der Waals surface area contributed by atoms with Gasteiger partial charge < -0.3 is 10.5 Å². The van der Waals surface area contributed by atoms with Crippen LogP contribution >= 0.6 is 11.3 Å². The molecule has 1 aromatic heterocycles. The summed E-state index contributed by atoms with van der Waals surface area (Å²) >= 11 is 1.69. The van der Waals surface area contributed by atoms with Crippen LogP contribution in [0.4, 0.5) is 0 Å². The van der Waals surface area contributed by atoms with Crippen LogP contribution in [0, 0.1) is 5.92 Å². The summed E-state index contributed by atoms with van der Waals surface area (Å²) in [5.74, 6) is 1.63. The van der Waals surface area contributed by atoms with Crippen LogP contribution in [-0.2, 0) is 0 Å². The van der Waals surface area contributed by atoms with E-state index in [1.54, 1.807) is 18.4 Å². The summed E-state index contributed by atoms with van der Waals surface area (Å²) in [6, 6.07) is 2.12. The van der Waals surface area contributed by atoms with Crippen molar-refractivity contribution in [3.8, 4) is 5.75 Å². The first kappa shape index (κ1) is 12.5. The van der Waals surface area contributed by atoms with E-state index in [9.17, 15) is 0 Å². The van der Waals surface area contributed by atoms with Gasteiger partial charge in [0.2, 0.25) is 0 Å². The molecule has 3 heteroatoms. The zero-order valence-electron chi connectivity index (χ0n) is 9.82. The Balaban J connectivity index is 2.56. The van der Waals surface area contributed by atoms with Crippen LogP contribution < -0.4 is 10.5 Å². The van der Waals surface area contributed by atoms with E-state index < -0.39 is 0 Å². The molecule has 86 valence electrons. The third-order valence-electron chi connectivity index (χ3n) is 2.65. The maximum absolute atomic E-state index is 6.18. The van der Waals surface area contributed by atoms with E-state index in [2.05, 4.69) is 13.8 Å². The molecule has 1 aromatic rings. The number of thiophene rings is 1. The topological polar surface area (TPSA) is 35.2 Å². The van der Waals surface area contributed by atoms with Crippen LogP contribution in [0.2, 0.25) is 0 Å². The normalized spacial score (nSPS) is 14.9. The first-order chi connectivity index (χ1) is 7.19. The molecule has 2 nitrogen and oxygen atoms in total. The molecular weight excluding hydrogens is 206 g/mol. The Labute approximate surface area is 96.4 Å². The Bertz CT molecular complexity index is 285. The van der Waals surface area contributed by atoms with Gasteiger partial charge in [-0.15, -0.1) is 11.3 Å². The number of hydrogen-bond donors (Lipinski definition) is 1. The summed E-state index contributed by atoms with van der Waals surface area (Å²) in [6.45, 7) is 4.48. The highest BCUT2D eigenvalue weighted by atomic mass is 32.1. The first-order valence-electron chi connectivity index (χ1n) is 5.56. The minimum Gasteiger partial charge on any atom is -0.496 e. The van der Waals surface area contributed by atoms with Crippen molar-refractivity contribution in [2.75, 3.05) is 7.11 Å². The summed E-state index contributed by atoms with van der Waals surface area (Å²) in [6.07, 6.45) is 3.53. The van der Waals surface area contributed by atoms with E-state index >= 15 is 0 Å². The third-order valence-corrected chi connectivity index (χ3v) is 3.68. The second-order valence-corrected chi connectivity index (χ2v) is 5.04. The molecule has 0 fully saturated rings. The summed E-state index contributed by atoms with van der Waals surface area (Å²) in [4.78, 5) is 1.18. The summed E-state index contributed by atoms with van der Waals surface area (Å²) < 4.78 is 5.28. The van der Waals surface area contributed by atoms with Gasteiger partial charge in [-0.05, 0) is 23.8 Å². The second-order valence-electron chi connectivity index (χ2n) is 4.09. The van der Waals surface area contributed by atoms with Crippen molar-refractivity contribution in [3.05, 3.63) is 16.3 Å². The fourth-order valence-electron chi connectivity index (χ4n) is 1.90. The first-order valence-corrected chi connectivity index (χ1v) is 6.44. The molecule has 0 saturated carbocycles. The van der Waals surface area contributed by atoms with E-state index in [4.69, 9.17) is 10.5 Å². The van der Waals surface area contributed by atoms with Gasteiger partial charge in [0, 0.05) is 6.04 Å². The van der Waals surface area contributed by atoms with Crippen molar-refractivity contribution >= 4 is 11.3 Å². The van der Waals surface area contributed by atoms with Gasteiger partial charge in [0.25, 0.3) is 0 Å². The van der Waals surface area contributed by atoms with Crippen molar-refractivity contribution in [1.29, 1.82) is 0 Å². The van der Waals surface area contributed by atoms with E-state index in [-0.39, 0.29) is 6.04 Å². The van der Waals surface area contributed by atoms with Gasteiger partial charge in [-0.3, -0.25) is 0 Å². The Morgan fingerprint density at radius 2 is 2.27 bits per heavy atom. The van der Waals surface area contributed by atoms with Gasteiger partial charge in [0.15, 0.2) is 0 Å². The van der Waals surface area contributed by atoms with Crippen LogP contribution in [0.3, 0.4) is 0 Å². The monoisotopic (exact) mass is 227 g/mol. The number of ether oxygens (including phenoxy) is 1. The molecule has 0 bridgehead atoms. The third kappa shape index (κ3) is 3.50. The Hall–Kier alpha value is -0.540. The van der Waals surface area contributed by atoms with Crippen LogP contribution in [-0.4, -0.2) is 7.11 Å². The van der Waals surface area contributed by atoms with Gasteiger partial charge in [-0.1, -0.05) is 26.7 Å². The number of hydrogen-bond acceptors (Lipinski definition) is 3. The van der Waals surface area contributed by atoms with Crippen molar-refractivity contribution in [1.82, 2.24) is 0 Å². The summed E-state index contributed by atoms with van der Waals surface area (Å²) in [5.41, 5.74) is 6.18. The van der Waals surface area contributed by atoms with Crippen LogP contribution in [0.5, 0.6) is 5.75 Å². The molecule has 0 radical (unpaired) electrons. The highest BCUT2D eigenvalue weighted by molar-refractivity contribution is 7.10. The van der Waals surface area contributed by atoms with E-state index in [0.29, 0.717) is 5.92 Å². The lowest BCUT2D eigenvalue weighted by molar-refractivity contribution is 0.396. The molecule has 2 N–H and O–H groups in total. The Morgan fingerprint density at radius 3 is 2.87 bits per heavy atom. The van der Waals surface area contributed by atoms with Crippen molar-refractivity contribution in [2.24, 2.45) is 11.7 Å². The van der Waals surface area contributed by atoms with Gasteiger partial charge in [-0.25, -0.2) is 0 Å². The van der Waals surface area contributed by atoms with Crippen molar-refractivity contribution in [2.45, 2.75) is 39.2 Å². The van der Waals surface area contributed by atoms with Crippen LogP contribution in [0.15, 0.2) is 11.4 Å². The molecule has 0 aromatic carbocycles. The number of methoxy groups -OCH3 is 1. The zero-order valence-corrected chi connectivity index (χ0v) is 10.6. The molecule has 15 heavy (non-hydrogen) atoms. The predicted molar refractivity (Wildman–Crippen MR) is 66.5 cm³/mol. The molecule has 0 aliphatic carbocycles. The maximum atomic E-state index is 6.18. The highest BCUT2D eigenvalue weighted by Crippen LogP contribution is 2.33. The van der Waals surface area contributed by atoms with Gasteiger partial charge in [0.05, 0.1) is 12.0 Å². The zero-order chi connectivity index (χ0) is 11.3. The Kier molecular flexibility index (Phi) is 5.12. The molecule has 2 unspecified atom stereocenters. The second kappa shape index (κ2) is 6.13. The number of rotatable bonds is 6. The lowest BCUT2D eigenvalue weighted by atomic mass is 9.97. The molecule has 0 aliphatic heterocycles. The summed E-state index contributed by atoms with van der Waals surface area (Å²) in [7, 11) is 1.70. The average Bonchev–Trinajstić information content (AvgIpc) is 2.65. The fraction of sp³-hybridized carbons (Fsp3) is 0.667. The maximum Gasteiger partial charge on any atom is 0.134 e. The number of nitrogens with two attached hydrogens (primary N) is 1. The smallest absolute Gasteiger partial charge is 0.134 e. The lowest BCUT2D eigenvalue weighted by Gasteiger charge is -2.16. The largest absolute Gasteiger partial charge is 0.496 e. The predicted octanol–water partition coefficient (Wildman–Crippen LogP) is 3.58. The average molecular weight is 227 g/mol. The van der Waals surface area contributed by atoms with Crippen molar-refractivity contribution in [3.63, 3.8) is 0 Å². The van der Waals surface area contributed by atoms with E-state index in [1.165, 1.54) is 17.7 Å². The highest BCUT2D eigenvalue weighted by Gasteiger charge is 2.15. The quantitative estimate of drug-likeness (QED) is 0.806. The molecular formula is C12H21NOS. The molecule has 0 aliphatic rings. The fourth-order valence-corrected chi connectivity index (χ4v) is 2.78. The van der Waals surface area contributed by atoms with Crippen molar-refractivity contribution < 1.29 is 4.74 Å². The van der Waals surface area contributed by atoms with Gasteiger partial charge >= 0.3 is 0 Å². The molecule has 1 heterocycles. The molecule has 0 saturated heterocycles. The van der Waals surface area contributed by atoms with Crippen LogP contribution in [0.1, 0.15) is 44.0 Å². The minimum atomic E-state index is 0.126. The van der Waals surface area contributed by atoms with Gasteiger partial charge in [0.1, 0.15) is 5.75 Å². The molecule has 0 amide bonds. The van der Waals surface area contributed by atoms with Crippen LogP contribution in [0.25, 0.3) is 0 Å². The standard InChI is InChI=1S/C12H21NOS/c1-4-5-9(2)8-10(13)12-11(14-3)6-7-15-12/h6-7,9-10H,4-5,8,13H2,1-3H3. The van der Waals surface area contributed by atoms with E-state index in [1.807, 2.05) is 11.4 Å². The molecule has 1 rings (SSSR count). The Morgan fingerprint density at radius 1 is 1.53 bits per heavy atom. The summed E-state index contributed by atoms with van der Waals surface area (Å²) in [5, 5.41) is 2.04. The molecule has 2 atom stereocenters. The van der Waals surface area contributed by atoms with Gasteiger partial charge in [-0.2, -0.15) is 0 Å². The SMILES string of the molecule is CCCC(C)CC(N)c1sccc1OC. The van der Waals surface area contributed by atoms with E-state index in [0.717, 1.165) is 12.2 Å².